The third kappa shape index (κ3) is 2.21. The third-order valence-corrected chi connectivity index (χ3v) is 1.65. The van der Waals surface area contributed by atoms with Gasteiger partial charge in [-0.3, -0.25) is 5.32 Å². The number of aromatic nitrogens is 1. The summed E-state index contributed by atoms with van der Waals surface area (Å²) in [5.74, 6) is 0.343. The highest BCUT2D eigenvalue weighted by Gasteiger charge is 2.11. The zero-order chi connectivity index (χ0) is 9.84. The van der Waals surface area contributed by atoms with Gasteiger partial charge in [0.15, 0.2) is 0 Å². The van der Waals surface area contributed by atoms with E-state index >= 15 is 0 Å². The number of carbonyl (C=O) groups is 1. The fourth-order valence-electron chi connectivity index (χ4n) is 0.792. The van der Waals surface area contributed by atoms with Crippen molar-refractivity contribution in [1.29, 1.82) is 0 Å². The minimum absolute atomic E-state index is 0.331. The van der Waals surface area contributed by atoms with Crippen molar-refractivity contribution >= 4 is 12.0 Å². The Morgan fingerprint density at radius 3 is 2.77 bits per heavy atom. The Labute approximate surface area is 76.0 Å². The van der Waals surface area contributed by atoms with Crippen molar-refractivity contribution in [2.45, 2.75) is 20.8 Å². The summed E-state index contributed by atoms with van der Waals surface area (Å²) >= 11 is 0. The number of rotatable bonds is 2. The lowest BCUT2D eigenvalue weighted by Gasteiger charge is -2.01. The summed E-state index contributed by atoms with van der Waals surface area (Å²) in [4.78, 5) is 11.0. The number of amides is 1. The Morgan fingerprint density at radius 1 is 1.62 bits per heavy atom. The molecule has 0 aromatic carbocycles. The fourth-order valence-corrected chi connectivity index (χ4v) is 0.792. The van der Waals surface area contributed by atoms with E-state index < -0.39 is 6.09 Å². The van der Waals surface area contributed by atoms with Gasteiger partial charge in [-0.2, -0.15) is 0 Å². The number of nitrogens with zero attached hydrogens (tertiary/aromatic N) is 1. The molecule has 0 aliphatic rings. The van der Waals surface area contributed by atoms with Crippen LogP contribution < -0.4 is 5.32 Å². The summed E-state index contributed by atoms with van der Waals surface area (Å²) < 4.78 is 9.52. The molecule has 0 fully saturated rings. The molecule has 1 aromatic rings. The van der Waals surface area contributed by atoms with E-state index in [1.54, 1.807) is 13.8 Å². The van der Waals surface area contributed by atoms with Crippen LogP contribution in [0.25, 0.3) is 0 Å². The number of hydrogen-bond acceptors (Lipinski definition) is 4. The molecule has 13 heavy (non-hydrogen) atoms. The fraction of sp³-hybridized carbons (Fsp3) is 0.500. The van der Waals surface area contributed by atoms with Gasteiger partial charge >= 0.3 is 6.09 Å². The molecule has 1 N–H and O–H groups in total. The number of anilines is 1. The molecule has 0 unspecified atom stereocenters. The molecule has 5 nitrogen and oxygen atoms in total. The first kappa shape index (κ1) is 9.57. The van der Waals surface area contributed by atoms with Gasteiger partial charge in [0.1, 0.15) is 0 Å². The minimum Gasteiger partial charge on any atom is -0.450 e. The first-order chi connectivity index (χ1) is 6.15. The van der Waals surface area contributed by atoms with Gasteiger partial charge in [0.25, 0.3) is 0 Å². The van der Waals surface area contributed by atoms with Crippen molar-refractivity contribution in [2.24, 2.45) is 0 Å². The van der Waals surface area contributed by atoms with Gasteiger partial charge in [0, 0.05) is 5.56 Å². The SMILES string of the molecule is CCOC(=O)Nc1onc(C)c1C. The van der Waals surface area contributed by atoms with Crippen LogP contribution in [0.3, 0.4) is 0 Å². The lowest BCUT2D eigenvalue weighted by molar-refractivity contribution is 0.167. The van der Waals surface area contributed by atoms with Crippen molar-refractivity contribution in [3.63, 3.8) is 0 Å². The monoisotopic (exact) mass is 184 g/mol. The zero-order valence-electron chi connectivity index (χ0n) is 7.88. The van der Waals surface area contributed by atoms with E-state index in [0.29, 0.717) is 12.5 Å². The molecule has 0 saturated heterocycles. The molecule has 0 spiro atoms. The summed E-state index contributed by atoms with van der Waals surface area (Å²) in [5, 5.41) is 6.13. The van der Waals surface area contributed by atoms with Crippen LogP contribution in [0.5, 0.6) is 0 Å². The van der Waals surface area contributed by atoms with Crippen LogP contribution in [-0.2, 0) is 4.74 Å². The average Bonchev–Trinajstić information content (AvgIpc) is 2.37. The maximum Gasteiger partial charge on any atom is 0.414 e. The second-order valence-electron chi connectivity index (χ2n) is 2.57. The number of aryl methyl sites for hydroxylation is 1. The maximum atomic E-state index is 11.0. The molecule has 0 saturated carbocycles. The van der Waals surface area contributed by atoms with Gasteiger partial charge in [0.2, 0.25) is 5.88 Å². The molecule has 0 bridgehead atoms. The first-order valence-electron chi connectivity index (χ1n) is 4.01. The van der Waals surface area contributed by atoms with E-state index in [0.717, 1.165) is 11.3 Å². The molecule has 1 aromatic heterocycles. The standard InChI is InChI=1S/C8H12N2O3/c1-4-12-8(11)9-7-5(2)6(3)10-13-7/h4H2,1-3H3,(H,9,11). The van der Waals surface area contributed by atoms with Gasteiger partial charge in [-0.1, -0.05) is 5.16 Å². The molecular formula is C8H12N2O3. The molecule has 0 radical (unpaired) electrons. The smallest absolute Gasteiger partial charge is 0.414 e. The Hall–Kier alpha value is -1.52. The van der Waals surface area contributed by atoms with Crippen molar-refractivity contribution in [2.75, 3.05) is 11.9 Å². The van der Waals surface area contributed by atoms with Gasteiger partial charge < -0.3 is 9.26 Å². The summed E-state index contributed by atoms with van der Waals surface area (Å²) in [7, 11) is 0. The molecule has 1 amide bonds. The highest BCUT2D eigenvalue weighted by molar-refractivity contribution is 5.83. The average molecular weight is 184 g/mol. The van der Waals surface area contributed by atoms with Crippen molar-refractivity contribution in [3.05, 3.63) is 11.3 Å². The van der Waals surface area contributed by atoms with Crippen molar-refractivity contribution in [3.8, 4) is 0 Å². The largest absolute Gasteiger partial charge is 0.450 e. The van der Waals surface area contributed by atoms with Crippen LogP contribution in [0.1, 0.15) is 18.2 Å². The highest BCUT2D eigenvalue weighted by atomic mass is 16.6. The molecule has 1 heterocycles. The van der Waals surface area contributed by atoms with Gasteiger partial charge in [-0.05, 0) is 20.8 Å². The second-order valence-corrected chi connectivity index (χ2v) is 2.57. The van der Waals surface area contributed by atoms with Crippen LogP contribution in [0.4, 0.5) is 10.7 Å². The Morgan fingerprint density at radius 2 is 2.31 bits per heavy atom. The Balaban J connectivity index is 2.64. The topological polar surface area (TPSA) is 64.4 Å². The lowest BCUT2D eigenvalue weighted by Crippen LogP contribution is -2.13. The molecule has 0 aliphatic heterocycles. The number of nitrogens with one attached hydrogen (secondary N) is 1. The van der Waals surface area contributed by atoms with E-state index in [4.69, 9.17) is 4.52 Å². The van der Waals surface area contributed by atoms with Crippen LogP contribution in [0.2, 0.25) is 0 Å². The molecule has 5 heteroatoms. The minimum atomic E-state index is -0.526. The normalized spacial score (nSPS) is 9.77. The predicted molar refractivity (Wildman–Crippen MR) is 46.6 cm³/mol. The molecule has 1 rings (SSSR count). The molecule has 0 aliphatic carbocycles. The maximum absolute atomic E-state index is 11.0. The van der Waals surface area contributed by atoms with Gasteiger partial charge in [-0.25, -0.2) is 4.79 Å². The predicted octanol–water partition coefficient (Wildman–Crippen LogP) is 1.86. The van der Waals surface area contributed by atoms with Crippen LogP contribution in [-0.4, -0.2) is 17.9 Å². The first-order valence-corrected chi connectivity index (χ1v) is 4.01. The van der Waals surface area contributed by atoms with E-state index in [1.807, 2.05) is 6.92 Å². The van der Waals surface area contributed by atoms with Crippen LogP contribution in [0.15, 0.2) is 4.52 Å². The lowest BCUT2D eigenvalue weighted by atomic mass is 10.3. The Bertz CT molecular complexity index is 306. The van der Waals surface area contributed by atoms with Crippen molar-refractivity contribution in [1.82, 2.24) is 5.16 Å². The quantitative estimate of drug-likeness (QED) is 0.761. The van der Waals surface area contributed by atoms with E-state index in [1.165, 1.54) is 0 Å². The molecule has 0 atom stereocenters. The molecule has 72 valence electrons. The summed E-state index contributed by atoms with van der Waals surface area (Å²) in [5.41, 5.74) is 1.57. The van der Waals surface area contributed by atoms with Gasteiger partial charge in [0.05, 0.1) is 12.3 Å². The zero-order valence-corrected chi connectivity index (χ0v) is 7.88. The number of hydrogen-bond donors (Lipinski definition) is 1. The Kier molecular flexibility index (Phi) is 2.89. The van der Waals surface area contributed by atoms with E-state index in [-0.39, 0.29) is 0 Å². The number of ether oxygens (including phenoxy) is 1. The van der Waals surface area contributed by atoms with E-state index in [2.05, 4.69) is 15.2 Å². The van der Waals surface area contributed by atoms with Crippen LogP contribution >= 0.6 is 0 Å². The second kappa shape index (κ2) is 3.93. The van der Waals surface area contributed by atoms with Crippen molar-refractivity contribution < 1.29 is 14.1 Å². The van der Waals surface area contributed by atoms with E-state index in [9.17, 15) is 4.79 Å². The van der Waals surface area contributed by atoms with Crippen LogP contribution in [0, 0.1) is 13.8 Å². The molecular weight excluding hydrogens is 172 g/mol. The third-order valence-electron chi connectivity index (χ3n) is 1.65. The summed E-state index contributed by atoms with van der Waals surface area (Å²) in [6, 6.07) is 0. The summed E-state index contributed by atoms with van der Waals surface area (Å²) in [6.07, 6.45) is -0.526. The summed E-state index contributed by atoms with van der Waals surface area (Å²) in [6.45, 7) is 5.68. The number of carbonyl (C=O) groups excluding carboxylic acids is 1. The highest BCUT2D eigenvalue weighted by Crippen LogP contribution is 2.17. The van der Waals surface area contributed by atoms with Gasteiger partial charge in [-0.15, -0.1) is 0 Å².